The van der Waals surface area contributed by atoms with Crippen LogP contribution in [0.5, 0.6) is 5.75 Å². The summed E-state index contributed by atoms with van der Waals surface area (Å²) in [4.78, 5) is 56.0. The van der Waals surface area contributed by atoms with Crippen LogP contribution in [0.4, 0.5) is 17.1 Å². The SMILES string of the molecule is Cc1cccc(C2C3=CCC4C(=O)N(c5ccc(Nc6ccccc6)cc5)C(=O)C4C3CC3=C2C(=O)C=C(Br)C3=O)c1O. The van der Waals surface area contributed by atoms with Crippen molar-refractivity contribution in [2.45, 2.75) is 25.7 Å². The number of aromatic hydroxyl groups is 1. The number of Topliss-reactive ketones (excluding diaryl/α,β-unsaturated/α-hetero) is 1. The number of amides is 2. The number of halogens is 1. The number of imide groups is 1. The Labute approximate surface area is 256 Å². The zero-order valence-corrected chi connectivity index (χ0v) is 24.8. The zero-order chi connectivity index (χ0) is 30.0. The average molecular weight is 636 g/mol. The molecule has 2 amide bonds. The maximum Gasteiger partial charge on any atom is 0.238 e. The highest BCUT2D eigenvalue weighted by Crippen LogP contribution is 2.56. The summed E-state index contributed by atoms with van der Waals surface area (Å²) in [6.45, 7) is 1.78. The van der Waals surface area contributed by atoms with Crippen molar-refractivity contribution in [2.75, 3.05) is 10.2 Å². The lowest BCUT2D eigenvalue weighted by atomic mass is 9.59. The van der Waals surface area contributed by atoms with Gasteiger partial charge in [0.15, 0.2) is 11.6 Å². The first-order valence-electron chi connectivity index (χ1n) is 14.2. The second-order valence-electron chi connectivity index (χ2n) is 11.5. The maximum atomic E-state index is 14.1. The third kappa shape index (κ3) is 4.31. The van der Waals surface area contributed by atoms with Gasteiger partial charge in [0.25, 0.3) is 0 Å². The molecule has 214 valence electrons. The normalized spacial score (nSPS) is 24.7. The first kappa shape index (κ1) is 27.3. The summed E-state index contributed by atoms with van der Waals surface area (Å²) in [6.07, 6.45) is 3.74. The number of para-hydroxylation sites is 2. The number of fused-ring (bicyclic) bond motifs is 3. The number of nitrogens with zero attached hydrogens (tertiary/aromatic N) is 1. The summed E-state index contributed by atoms with van der Waals surface area (Å²) in [7, 11) is 0. The third-order valence-electron chi connectivity index (χ3n) is 9.10. The van der Waals surface area contributed by atoms with E-state index in [1.807, 2.05) is 54.6 Å². The van der Waals surface area contributed by atoms with E-state index in [1.165, 1.54) is 11.0 Å². The number of anilines is 3. The number of carbonyl (C=O) groups excluding carboxylic acids is 4. The minimum Gasteiger partial charge on any atom is -0.507 e. The molecule has 1 heterocycles. The molecule has 0 radical (unpaired) electrons. The molecule has 4 atom stereocenters. The summed E-state index contributed by atoms with van der Waals surface area (Å²) < 4.78 is 0.169. The fourth-order valence-electron chi connectivity index (χ4n) is 7.11. The van der Waals surface area contributed by atoms with Crippen molar-refractivity contribution in [3.63, 3.8) is 0 Å². The Morgan fingerprint density at radius 1 is 0.860 bits per heavy atom. The lowest BCUT2D eigenvalue weighted by molar-refractivity contribution is -0.123. The van der Waals surface area contributed by atoms with E-state index in [0.29, 0.717) is 34.4 Å². The molecule has 3 aliphatic carbocycles. The minimum atomic E-state index is -0.691. The van der Waals surface area contributed by atoms with Gasteiger partial charge in [0.1, 0.15) is 5.75 Å². The van der Waals surface area contributed by atoms with E-state index in [2.05, 4.69) is 21.2 Å². The maximum absolute atomic E-state index is 14.1. The molecular weight excluding hydrogens is 608 g/mol. The van der Waals surface area contributed by atoms with Crippen molar-refractivity contribution in [3.8, 4) is 5.75 Å². The van der Waals surface area contributed by atoms with E-state index in [1.54, 1.807) is 31.2 Å². The number of ketones is 2. The molecule has 0 aromatic heterocycles. The Morgan fingerprint density at radius 3 is 2.33 bits per heavy atom. The van der Waals surface area contributed by atoms with Gasteiger partial charge in [0.05, 0.1) is 22.0 Å². The van der Waals surface area contributed by atoms with Crippen LogP contribution in [-0.4, -0.2) is 28.5 Å². The second-order valence-corrected chi connectivity index (χ2v) is 12.3. The Balaban J connectivity index is 1.26. The van der Waals surface area contributed by atoms with Crippen LogP contribution in [0.2, 0.25) is 0 Å². The predicted molar refractivity (Wildman–Crippen MR) is 166 cm³/mol. The molecule has 7 rings (SSSR count). The molecule has 4 aliphatic rings. The molecule has 0 saturated carbocycles. The first-order chi connectivity index (χ1) is 20.7. The van der Waals surface area contributed by atoms with Gasteiger partial charge in [-0.1, -0.05) is 48.0 Å². The quantitative estimate of drug-likeness (QED) is 0.195. The highest BCUT2D eigenvalue weighted by molar-refractivity contribution is 9.12. The molecule has 1 aliphatic heterocycles. The number of aryl methyl sites for hydroxylation is 1. The highest BCUT2D eigenvalue weighted by Gasteiger charge is 2.56. The van der Waals surface area contributed by atoms with E-state index < -0.39 is 23.7 Å². The number of phenols is 1. The molecule has 3 aromatic rings. The number of benzene rings is 3. The van der Waals surface area contributed by atoms with Gasteiger partial charge in [0, 0.05) is 40.1 Å². The van der Waals surface area contributed by atoms with Crippen molar-refractivity contribution >= 4 is 56.4 Å². The van der Waals surface area contributed by atoms with E-state index in [-0.39, 0.29) is 40.0 Å². The number of nitrogens with one attached hydrogen (secondary N) is 1. The van der Waals surface area contributed by atoms with Gasteiger partial charge in [-0.3, -0.25) is 24.1 Å². The zero-order valence-electron chi connectivity index (χ0n) is 23.2. The van der Waals surface area contributed by atoms with Gasteiger partial charge in [-0.25, -0.2) is 0 Å². The summed E-state index contributed by atoms with van der Waals surface area (Å²) in [5.41, 5.74) is 4.87. The van der Waals surface area contributed by atoms with Gasteiger partial charge < -0.3 is 10.4 Å². The first-order valence-corrected chi connectivity index (χ1v) is 15.0. The second kappa shape index (κ2) is 10.3. The van der Waals surface area contributed by atoms with E-state index in [0.717, 1.165) is 16.9 Å². The molecule has 3 aromatic carbocycles. The van der Waals surface area contributed by atoms with Crippen molar-refractivity contribution in [2.24, 2.45) is 17.8 Å². The molecule has 0 bridgehead atoms. The summed E-state index contributed by atoms with van der Waals surface area (Å²) in [5.74, 6) is -3.56. The topological polar surface area (TPSA) is 104 Å². The van der Waals surface area contributed by atoms with Gasteiger partial charge in [-0.2, -0.15) is 0 Å². The smallest absolute Gasteiger partial charge is 0.238 e. The Bertz CT molecular complexity index is 1820. The van der Waals surface area contributed by atoms with E-state index in [9.17, 15) is 24.3 Å². The number of rotatable bonds is 4. The molecule has 8 heteroatoms. The fourth-order valence-corrected chi connectivity index (χ4v) is 7.56. The van der Waals surface area contributed by atoms with Crippen LogP contribution in [-0.2, 0) is 19.2 Å². The van der Waals surface area contributed by atoms with E-state index in [4.69, 9.17) is 0 Å². The van der Waals surface area contributed by atoms with Crippen LogP contribution in [0.25, 0.3) is 0 Å². The summed E-state index contributed by atoms with van der Waals surface area (Å²) in [6, 6.07) is 22.2. The molecule has 1 saturated heterocycles. The van der Waals surface area contributed by atoms with Crippen LogP contribution in [0.1, 0.15) is 29.9 Å². The largest absolute Gasteiger partial charge is 0.507 e. The molecule has 0 spiro atoms. The lowest BCUT2D eigenvalue weighted by Crippen LogP contribution is -2.39. The molecule has 7 nitrogen and oxygen atoms in total. The molecule has 43 heavy (non-hydrogen) atoms. The fraction of sp³-hybridized carbons (Fsp3) is 0.200. The Kier molecular flexibility index (Phi) is 6.54. The van der Waals surface area contributed by atoms with Crippen molar-refractivity contribution in [3.05, 3.63) is 117 Å². The molecular formula is C35H27BrN2O5. The number of phenolic OH excluding ortho intramolecular Hbond substituents is 1. The summed E-state index contributed by atoms with van der Waals surface area (Å²) in [5, 5.41) is 14.4. The predicted octanol–water partition coefficient (Wildman–Crippen LogP) is 6.41. The highest BCUT2D eigenvalue weighted by atomic mass is 79.9. The van der Waals surface area contributed by atoms with Crippen molar-refractivity contribution in [1.82, 2.24) is 0 Å². The molecule has 4 unspecified atom stereocenters. The van der Waals surface area contributed by atoms with Crippen LogP contribution in [0, 0.1) is 24.7 Å². The van der Waals surface area contributed by atoms with Crippen LogP contribution < -0.4 is 10.2 Å². The number of carbonyl (C=O) groups is 4. The number of hydrogen-bond acceptors (Lipinski definition) is 6. The average Bonchev–Trinajstić information content (AvgIpc) is 3.27. The number of hydrogen-bond donors (Lipinski definition) is 2. The van der Waals surface area contributed by atoms with Crippen molar-refractivity contribution < 1.29 is 24.3 Å². The van der Waals surface area contributed by atoms with E-state index >= 15 is 0 Å². The lowest BCUT2D eigenvalue weighted by Gasteiger charge is -2.42. The Morgan fingerprint density at radius 2 is 1.58 bits per heavy atom. The van der Waals surface area contributed by atoms with Gasteiger partial charge in [-0.15, -0.1) is 0 Å². The Hall–Kier alpha value is -4.56. The number of allylic oxidation sites excluding steroid dienone is 6. The standard InChI is InChI=1S/C35H27BrN2O5/c1-18-6-5-9-23(32(18)40)29-22-14-15-24-30(25(22)16-26-31(29)28(39)17-27(36)33(26)41)35(43)38(34(24)42)21-12-10-20(11-13-21)37-19-7-3-2-4-8-19/h2-14,17,24-25,29-30,37,40H,15-16H2,1H3. The molecule has 1 fully saturated rings. The summed E-state index contributed by atoms with van der Waals surface area (Å²) >= 11 is 3.25. The van der Waals surface area contributed by atoms with Crippen LogP contribution in [0.15, 0.2) is 106 Å². The van der Waals surface area contributed by atoms with Gasteiger partial charge in [-0.05, 0) is 83.6 Å². The van der Waals surface area contributed by atoms with Gasteiger partial charge in [0.2, 0.25) is 11.8 Å². The van der Waals surface area contributed by atoms with Crippen molar-refractivity contribution in [1.29, 1.82) is 0 Å². The van der Waals surface area contributed by atoms with Crippen LogP contribution in [0.3, 0.4) is 0 Å². The molecule has 2 N–H and O–H groups in total. The van der Waals surface area contributed by atoms with Gasteiger partial charge >= 0.3 is 0 Å². The minimum absolute atomic E-state index is 0.0524. The van der Waals surface area contributed by atoms with Crippen LogP contribution >= 0.6 is 15.9 Å². The third-order valence-corrected chi connectivity index (χ3v) is 9.69. The monoisotopic (exact) mass is 634 g/mol.